The number of hydrogen-bond donors (Lipinski definition) is 1. The van der Waals surface area contributed by atoms with Crippen molar-refractivity contribution in [2.75, 3.05) is 0 Å². The van der Waals surface area contributed by atoms with Gasteiger partial charge in [-0.1, -0.05) is 23.7 Å². The molecule has 0 saturated heterocycles. The van der Waals surface area contributed by atoms with Crippen LogP contribution in [0.1, 0.15) is 4.88 Å². The Labute approximate surface area is 85.6 Å². The summed E-state index contributed by atoms with van der Waals surface area (Å²) in [5.41, 5.74) is 0. The first kappa shape index (κ1) is 8.42. The minimum Gasteiger partial charge on any atom is -0.142 e. The molecule has 0 aliphatic carbocycles. The fraction of sp³-hybridized carbons (Fsp3) is 0.111. The van der Waals surface area contributed by atoms with Gasteiger partial charge in [-0.25, -0.2) is 0 Å². The maximum atomic E-state index is 6.09. The molecule has 2 aromatic rings. The van der Waals surface area contributed by atoms with E-state index in [0.29, 0.717) is 0 Å². The van der Waals surface area contributed by atoms with Gasteiger partial charge in [0.05, 0.1) is 5.02 Å². The van der Waals surface area contributed by atoms with Crippen molar-refractivity contribution in [3.05, 3.63) is 28.1 Å². The second kappa shape index (κ2) is 2.95. The van der Waals surface area contributed by atoms with Crippen LogP contribution >= 0.6 is 35.6 Å². The minimum atomic E-state index is 0.867. The van der Waals surface area contributed by atoms with Gasteiger partial charge >= 0.3 is 0 Å². The number of thiophene rings is 1. The van der Waals surface area contributed by atoms with Gasteiger partial charge in [-0.3, -0.25) is 0 Å². The molecule has 12 heavy (non-hydrogen) atoms. The van der Waals surface area contributed by atoms with Crippen LogP contribution in [-0.4, -0.2) is 0 Å². The Bertz CT molecular complexity index is 431. The van der Waals surface area contributed by atoms with Crippen LogP contribution in [0.15, 0.2) is 23.1 Å². The molecule has 0 unspecified atom stereocenters. The topological polar surface area (TPSA) is 0 Å². The fourth-order valence-corrected chi connectivity index (χ4v) is 2.82. The van der Waals surface area contributed by atoms with E-state index in [0.717, 1.165) is 20.2 Å². The van der Waals surface area contributed by atoms with Gasteiger partial charge in [0.25, 0.3) is 0 Å². The number of thiol groups is 1. The van der Waals surface area contributed by atoms with Crippen molar-refractivity contribution in [1.82, 2.24) is 0 Å². The Kier molecular flexibility index (Phi) is 2.07. The van der Waals surface area contributed by atoms with Gasteiger partial charge in [-0.05, 0) is 13.0 Å². The summed E-state index contributed by atoms with van der Waals surface area (Å²) in [6.07, 6.45) is 0. The molecule has 0 nitrogen and oxygen atoms in total. The molecule has 0 fully saturated rings. The Morgan fingerprint density at radius 2 is 2.17 bits per heavy atom. The van der Waals surface area contributed by atoms with Gasteiger partial charge in [0.15, 0.2) is 0 Å². The summed E-state index contributed by atoms with van der Waals surface area (Å²) >= 11 is 12.1. The number of aryl methyl sites for hydroxylation is 1. The molecule has 62 valence electrons. The zero-order chi connectivity index (χ0) is 8.72. The van der Waals surface area contributed by atoms with Gasteiger partial charge < -0.3 is 0 Å². The molecule has 0 amide bonds. The van der Waals surface area contributed by atoms with Crippen LogP contribution in [0, 0.1) is 6.92 Å². The quantitative estimate of drug-likeness (QED) is 0.626. The molecule has 0 N–H and O–H groups in total. The third kappa shape index (κ3) is 1.15. The summed E-state index contributed by atoms with van der Waals surface area (Å²) in [5, 5.41) is 1.98. The third-order valence-corrected chi connectivity index (χ3v) is 4.07. The largest absolute Gasteiger partial charge is 0.142 e. The molecular formula is C9H7ClS2. The standard InChI is InChI=1S/C9H7ClS2/c1-5-8(10)6-3-2-4-7(11)9(6)12-5/h2-4,11H,1H3. The molecular weight excluding hydrogens is 208 g/mol. The predicted octanol–water partition coefficient (Wildman–Crippen LogP) is 4.15. The van der Waals surface area contributed by atoms with E-state index in [9.17, 15) is 0 Å². The number of benzene rings is 1. The van der Waals surface area contributed by atoms with E-state index in [2.05, 4.69) is 12.6 Å². The van der Waals surface area contributed by atoms with E-state index in [1.165, 1.54) is 4.70 Å². The lowest BCUT2D eigenvalue weighted by atomic mass is 10.2. The maximum Gasteiger partial charge on any atom is 0.0621 e. The molecule has 0 radical (unpaired) electrons. The van der Waals surface area contributed by atoms with Gasteiger partial charge in [0.1, 0.15) is 0 Å². The highest BCUT2D eigenvalue weighted by molar-refractivity contribution is 7.80. The number of halogens is 1. The second-order valence-corrected chi connectivity index (χ2v) is 4.71. The zero-order valence-electron chi connectivity index (χ0n) is 6.47. The lowest BCUT2D eigenvalue weighted by Gasteiger charge is -1.92. The van der Waals surface area contributed by atoms with Crippen LogP contribution in [0.25, 0.3) is 10.1 Å². The predicted molar refractivity (Wildman–Crippen MR) is 58.8 cm³/mol. The normalized spacial score (nSPS) is 10.9. The maximum absolute atomic E-state index is 6.09. The van der Waals surface area contributed by atoms with E-state index in [1.807, 2.05) is 25.1 Å². The molecule has 0 aliphatic rings. The lowest BCUT2D eigenvalue weighted by Crippen LogP contribution is -1.65. The highest BCUT2D eigenvalue weighted by atomic mass is 35.5. The van der Waals surface area contributed by atoms with E-state index in [1.54, 1.807) is 11.3 Å². The second-order valence-electron chi connectivity index (χ2n) is 2.63. The third-order valence-electron chi connectivity index (χ3n) is 1.79. The van der Waals surface area contributed by atoms with Crippen molar-refractivity contribution in [3.63, 3.8) is 0 Å². The molecule has 1 aromatic carbocycles. The summed E-state index contributed by atoms with van der Waals surface area (Å²) in [6, 6.07) is 5.99. The Morgan fingerprint density at radius 1 is 1.42 bits per heavy atom. The average Bonchev–Trinajstić information content (AvgIpc) is 2.32. The van der Waals surface area contributed by atoms with Gasteiger partial charge in [0, 0.05) is 19.9 Å². The monoisotopic (exact) mass is 214 g/mol. The summed E-state index contributed by atoms with van der Waals surface area (Å²) < 4.78 is 1.18. The van der Waals surface area contributed by atoms with Crippen LogP contribution in [0.4, 0.5) is 0 Å². The highest BCUT2D eigenvalue weighted by Crippen LogP contribution is 2.37. The first-order chi connectivity index (χ1) is 5.70. The summed E-state index contributed by atoms with van der Waals surface area (Å²) in [4.78, 5) is 2.17. The number of fused-ring (bicyclic) bond motifs is 1. The molecule has 1 aromatic heterocycles. The number of hydrogen-bond acceptors (Lipinski definition) is 2. The fourth-order valence-electron chi connectivity index (χ4n) is 1.19. The Balaban J connectivity index is 2.95. The zero-order valence-corrected chi connectivity index (χ0v) is 8.93. The molecule has 2 rings (SSSR count). The van der Waals surface area contributed by atoms with Crippen molar-refractivity contribution in [3.8, 4) is 0 Å². The SMILES string of the molecule is Cc1sc2c(S)cccc2c1Cl. The molecule has 0 spiro atoms. The van der Waals surface area contributed by atoms with E-state index >= 15 is 0 Å². The van der Waals surface area contributed by atoms with Gasteiger partial charge in [-0.2, -0.15) is 0 Å². The highest BCUT2D eigenvalue weighted by Gasteiger charge is 2.07. The first-order valence-corrected chi connectivity index (χ1v) is 5.21. The van der Waals surface area contributed by atoms with Crippen LogP contribution < -0.4 is 0 Å². The molecule has 3 heteroatoms. The van der Waals surface area contributed by atoms with Crippen LogP contribution in [-0.2, 0) is 0 Å². The van der Waals surface area contributed by atoms with Crippen molar-refractivity contribution in [2.24, 2.45) is 0 Å². The van der Waals surface area contributed by atoms with Crippen molar-refractivity contribution in [1.29, 1.82) is 0 Å². The minimum absolute atomic E-state index is 0.867. The summed E-state index contributed by atoms with van der Waals surface area (Å²) in [6.45, 7) is 2.03. The van der Waals surface area contributed by atoms with Gasteiger partial charge in [-0.15, -0.1) is 24.0 Å². The number of rotatable bonds is 0. The molecule has 1 heterocycles. The summed E-state index contributed by atoms with van der Waals surface area (Å²) in [7, 11) is 0. The molecule has 0 aliphatic heterocycles. The molecule has 0 saturated carbocycles. The van der Waals surface area contributed by atoms with Gasteiger partial charge in [0.2, 0.25) is 0 Å². The molecule has 0 bridgehead atoms. The Hall–Kier alpha value is -0.180. The van der Waals surface area contributed by atoms with Crippen LogP contribution in [0.5, 0.6) is 0 Å². The first-order valence-electron chi connectivity index (χ1n) is 3.56. The van der Waals surface area contributed by atoms with Crippen molar-refractivity contribution >= 4 is 45.7 Å². The van der Waals surface area contributed by atoms with Crippen LogP contribution in [0.3, 0.4) is 0 Å². The van der Waals surface area contributed by atoms with Crippen molar-refractivity contribution in [2.45, 2.75) is 11.8 Å². The average molecular weight is 215 g/mol. The smallest absolute Gasteiger partial charge is 0.0621 e. The van der Waals surface area contributed by atoms with Crippen molar-refractivity contribution < 1.29 is 0 Å². The van der Waals surface area contributed by atoms with Crippen LogP contribution in [0.2, 0.25) is 5.02 Å². The molecule has 0 atom stereocenters. The summed E-state index contributed by atoms with van der Waals surface area (Å²) in [5.74, 6) is 0. The van der Waals surface area contributed by atoms with E-state index in [4.69, 9.17) is 11.6 Å². The van der Waals surface area contributed by atoms with E-state index in [-0.39, 0.29) is 0 Å². The van der Waals surface area contributed by atoms with E-state index < -0.39 is 0 Å². The Morgan fingerprint density at radius 3 is 2.83 bits per heavy atom. The lowest BCUT2D eigenvalue weighted by molar-refractivity contribution is 1.60.